The van der Waals surface area contributed by atoms with Gasteiger partial charge in [0.05, 0.1) is 5.69 Å². The highest BCUT2D eigenvalue weighted by atomic mass is 16.5. The normalized spacial score (nSPS) is 35.4. The van der Waals surface area contributed by atoms with Crippen LogP contribution in [0.2, 0.25) is 0 Å². The second-order valence-corrected chi connectivity index (χ2v) is 7.57. The molecule has 0 radical (unpaired) electrons. The van der Waals surface area contributed by atoms with Gasteiger partial charge in [-0.05, 0) is 68.4 Å². The number of benzene rings is 1. The summed E-state index contributed by atoms with van der Waals surface area (Å²) in [4.78, 5) is 12.3. The van der Waals surface area contributed by atoms with E-state index in [0.29, 0.717) is 11.4 Å². The van der Waals surface area contributed by atoms with E-state index in [9.17, 15) is 4.79 Å². The standard InChI is InChI=1S/C18H24N2O2/c19-15-3-1-2-4-16(15)22-11-17(21)20-18-8-12-5-13(9-18)7-14(6-12)10-18/h1-4,12-14H,5-11,19H2,(H,20,21). The van der Waals surface area contributed by atoms with Crippen molar-refractivity contribution in [3.05, 3.63) is 24.3 Å². The molecule has 4 nitrogen and oxygen atoms in total. The highest BCUT2D eigenvalue weighted by molar-refractivity contribution is 5.78. The number of rotatable bonds is 4. The molecule has 1 aromatic carbocycles. The quantitative estimate of drug-likeness (QED) is 0.840. The third-order valence-electron chi connectivity index (χ3n) is 5.72. The molecule has 4 heteroatoms. The van der Waals surface area contributed by atoms with E-state index in [2.05, 4.69) is 5.32 Å². The predicted octanol–water partition coefficient (Wildman–Crippen LogP) is 2.73. The van der Waals surface area contributed by atoms with Crippen LogP contribution in [0.1, 0.15) is 38.5 Å². The van der Waals surface area contributed by atoms with Crippen LogP contribution in [0.15, 0.2) is 24.3 Å². The Morgan fingerprint density at radius 2 is 1.73 bits per heavy atom. The summed E-state index contributed by atoms with van der Waals surface area (Å²) in [6.07, 6.45) is 7.64. The van der Waals surface area contributed by atoms with E-state index < -0.39 is 0 Å². The number of carbonyl (C=O) groups excluding carboxylic acids is 1. The Hall–Kier alpha value is -1.71. The molecule has 1 amide bonds. The van der Waals surface area contributed by atoms with Crippen LogP contribution >= 0.6 is 0 Å². The fourth-order valence-electron chi connectivity index (χ4n) is 5.35. The summed E-state index contributed by atoms with van der Waals surface area (Å²) in [5.41, 5.74) is 6.46. The smallest absolute Gasteiger partial charge is 0.258 e. The van der Waals surface area contributed by atoms with Gasteiger partial charge in [0.2, 0.25) is 0 Å². The first kappa shape index (κ1) is 13.9. The molecule has 5 rings (SSSR count). The van der Waals surface area contributed by atoms with Gasteiger partial charge in [-0.2, -0.15) is 0 Å². The third-order valence-corrected chi connectivity index (χ3v) is 5.72. The van der Waals surface area contributed by atoms with Crippen LogP contribution in [0.3, 0.4) is 0 Å². The molecule has 0 unspecified atom stereocenters. The molecule has 0 atom stereocenters. The summed E-state index contributed by atoms with van der Waals surface area (Å²) in [7, 11) is 0. The number of carbonyl (C=O) groups is 1. The zero-order valence-electron chi connectivity index (χ0n) is 12.9. The van der Waals surface area contributed by atoms with E-state index in [-0.39, 0.29) is 18.1 Å². The van der Waals surface area contributed by atoms with Gasteiger partial charge in [0.15, 0.2) is 6.61 Å². The number of nitrogens with two attached hydrogens (primary N) is 1. The summed E-state index contributed by atoms with van der Waals surface area (Å²) in [6.45, 7) is 0.0516. The number of ether oxygens (including phenoxy) is 1. The van der Waals surface area contributed by atoms with Crippen LogP contribution in [-0.2, 0) is 4.79 Å². The zero-order valence-corrected chi connectivity index (χ0v) is 12.9. The Morgan fingerprint density at radius 3 is 2.32 bits per heavy atom. The first-order valence-electron chi connectivity index (χ1n) is 8.40. The predicted molar refractivity (Wildman–Crippen MR) is 85.4 cm³/mol. The van der Waals surface area contributed by atoms with Gasteiger partial charge in [-0.1, -0.05) is 12.1 Å². The minimum Gasteiger partial charge on any atom is -0.482 e. The minimum absolute atomic E-state index is 0.00907. The van der Waals surface area contributed by atoms with E-state index >= 15 is 0 Å². The lowest BCUT2D eigenvalue weighted by molar-refractivity contribution is -0.128. The Bertz CT molecular complexity index is 549. The molecular formula is C18H24N2O2. The van der Waals surface area contributed by atoms with E-state index in [0.717, 1.165) is 17.8 Å². The first-order valence-corrected chi connectivity index (χ1v) is 8.40. The Kier molecular flexibility index (Phi) is 3.28. The molecule has 4 aliphatic carbocycles. The second kappa shape index (κ2) is 5.18. The van der Waals surface area contributed by atoms with Gasteiger partial charge in [0, 0.05) is 5.54 Å². The fourth-order valence-corrected chi connectivity index (χ4v) is 5.35. The Morgan fingerprint density at radius 1 is 1.14 bits per heavy atom. The van der Waals surface area contributed by atoms with Crippen molar-refractivity contribution in [3.8, 4) is 5.75 Å². The highest BCUT2D eigenvalue weighted by Gasteiger charge is 2.51. The van der Waals surface area contributed by atoms with E-state index in [1.165, 1.54) is 38.5 Å². The third kappa shape index (κ3) is 2.55. The van der Waals surface area contributed by atoms with Crippen molar-refractivity contribution >= 4 is 11.6 Å². The molecule has 0 aliphatic heterocycles. The molecule has 4 fully saturated rings. The van der Waals surface area contributed by atoms with Crippen molar-refractivity contribution in [2.75, 3.05) is 12.3 Å². The Balaban J connectivity index is 1.37. The molecule has 4 bridgehead atoms. The van der Waals surface area contributed by atoms with Gasteiger partial charge in [0.1, 0.15) is 5.75 Å². The number of nitrogen functional groups attached to an aromatic ring is 1. The number of hydrogen-bond acceptors (Lipinski definition) is 3. The number of amides is 1. The SMILES string of the molecule is Nc1ccccc1OCC(=O)NC12CC3CC(CC(C3)C1)C2. The van der Waals surface area contributed by atoms with Gasteiger partial charge < -0.3 is 15.8 Å². The van der Waals surface area contributed by atoms with Gasteiger partial charge >= 0.3 is 0 Å². The van der Waals surface area contributed by atoms with Crippen LogP contribution in [0.25, 0.3) is 0 Å². The lowest BCUT2D eigenvalue weighted by Crippen LogP contribution is -2.60. The van der Waals surface area contributed by atoms with E-state index in [1.807, 2.05) is 12.1 Å². The highest BCUT2D eigenvalue weighted by Crippen LogP contribution is 2.55. The van der Waals surface area contributed by atoms with Crippen LogP contribution in [0.4, 0.5) is 5.69 Å². The van der Waals surface area contributed by atoms with E-state index in [4.69, 9.17) is 10.5 Å². The summed E-state index contributed by atoms with van der Waals surface area (Å²) < 4.78 is 5.58. The van der Waals surface area contributed by atoms with Crippen molar-refractivity contribution in [3.63, 3.8) is 0 Å². The molecule has 0 aromatic heterocycles. The number of anilines is 1. The maximum absolute atomic E-state index is 12.3. The molecule has 0 spiro atoms. The van der Waals surface area contributed by atoms with Gasteiger partial charge in [-0.15, -0.1) is 0 Å². The summed E-state index contributed by atoms with van der Waals surface area (Å²) >= 11 is 0. The molecule has 118 valence electrons. The molecule has 4 aliphatic rings. The average Bonchev–Trinajstić information content (AvgIpc) is 2.44. The monoisotopic (exact) mass is 300 g/mol. The lowest BCUT2D eigenvalue weighted by Gasteiger charge is -2.56. The number of para-hydroxylation sites is 2. The number of hydrogen-bond donors (Lipinski definition) is 2. The fraction of sp³-hybridized carbons (Fsp3) is 0.611. The van der Waals surface area contributed by atoms with Crippen molar-refractivity contribution in [1.82, 2.24) is 5.32 Å². The van der Waals surface area contributed by atoms with Crippen molar-refractivity contribution in [1.29, 1.82) is 0 Å². The van der Waals surface area contributed by atoms with Crippen molar-refractivity contribution in [2.45, 2.75) is 44.1 Å². The molecule has 22 heavy (non-hydrogen) atoms. The maximum atomic E-state index is 12.3. The van der Waals surface area contributed by atoms with Gasteiger partial charge in [-0.3, -0.25) is 4.79 Å². The zero-order chi connectivity index (χ0) is 15.2. The summed E-state index contributed by atoms with van der Waals surface area (Å²) in [5, 5.41) is 3.31. The van der Waals surface area contributed by atoms with Crippen molar-refractivity contribution in [2.24, 2.45) is 17.8 Å². The van der Waals surface area contributed by atoms with Crippen LogP contribution in [0.5, 0.6) is 5.75 Å². The maximum Gasteiger partial charge on any atom is 0.258 e. The van der Waals surface area contributed by atoms with Gasteiger partial charge in [0.25, 0.3) is 5.91 Å². The summed E-state index contributed by atoms with van der Waals surface area (Å²) in [5.74, 6) is 3.07. The largest absolute Gasteiger partial charge is 0.482 e. The van der Waals surface area contributed by atoms with Crippen LogP contribution < -0.4 is 15.8 Å². The minimum atomic E-state index is -0.00907. The average molecular weight is 300 g/mol. The van der Waals surface area contributed by atoms with E-state index in [1.54, 1.807) is 12.1 Å². The second-order valence-electron chi connectivity index (χ2n) is 7.57. The molecule has 0 heterocycles. The molecule has 1 aromatic rings. The van der Waals surface area contributed by atoms with Crippen LogP contribution in [-0.4, -0.2) is 18.1 Å². The topological polar surface area (TPSA) is 64.3 Å². The molecular weight excluding hydrogens is 276 g/mol. The molecule has 3 N–H and O–H groups in total. The summed E-state index contributed by atoms with van der Waals surface area (Å²) in [6, 6.07) is 7.31. The van der Waals surface area contributed by atoms with Gasteiger partial charge in [-0.25, -0.2) is 0 Å². The first-order chi connectivity index (χ1) is 10.6. The Labute approximate surface area is 131 Å². The van der Waals surface area contributed by atoms with Crippen LogP contribution in [0, 0.1) is 17.8 Å². The lowest BCUT2D eigenvalue weighted by atomic mass is 9.53. The molecule has 4 saturated carbocycles. The molecule has 0 saturated heterocycles. The number of nitrogens with one attached hydrogen (secondary N) is 1. The van der Waals surface area contributed by atoms with Crippen molar-refractivity contribution < 1.29 is 9.53 Å².